The Hall–Kier alpha value is -2.67. The minimum absolute atomic E-state index is 0.0350. The van der Waals surface area contributed by atoms with Gasteiger partial charge in [0.05, 0.1) is 12.3 Å². The molecule has 2 atom stereocenters. The van der Waals surface area contributed by atoms with Crippen molar-refractivity contribution in [2.24, 2.45) is 11.8 Å². The summed E-state index contributed by atoms with van der Waals surface area (Å²) in [6, 6.07) is 9.42. The van der Waals surface area contributed by atoms with Gasteiger partial charge in [-0.15, -0.1) is 0 Å². The van der Waals surface area contributed by atoms with E-state index in [1.54, 1.807) is 11.0 Å². The molecule has 7 nitrogen and oxygen atoms in total. The molecule has 7 heteroatoms. The van der Waals surface area contributed by atoms with Crippen LogP contribution in [0.3, 0.4) is 0 Å². The molecular formula is C25H35N3O4. The molecule has 1 aromatic carbocycles. The van der Waals surface area contributed by atoms with E-state index >= 15 is 0 Å². The molecule has 32 heavy (non-hydrogen) atoms. The van der Waals surface area contributed by atoms with E-state index in [1.165, 1.54) is 0 Å². The van der Waals surface area contributed by atoms with Gasteiger partial charge in [0.1, 0.15) is 0 Å². The zero-order chi connectivity index (χ0) is 22.8. The monoisotopic (exact) mass is 441 g/mol. The van der Waals surface area contributed by atoms with Gasteiger partial charge >= 0.3 is 5.97 Å². The van der Waals surface area contributed by atoms with E-state index in [9.17, 15) is 19.5 Å². The molecule has 174 valence electrons. The quantitative estimate of drug-likeness (QED) is 0.511. The van der Waals surface area contributed by atoms with Crippen LogP contribution in [0.15, 0.2) is 42.5 Å². The molecule has 0 radical (unpaired) electrons. The Morgan fingerprint density at radius 2 is 1.91 bits per heavy atom. The van der Waals surface area contributed by atoms with Crippen LogP contribution in [0.4, 0.5) is 0 Å². The third-order valence-electron chi connectivity index (χ3n) is 6.39. The summed E-state index contributed by atoms with van der Waals surface area (Å²) in [5.74, 6) is -0.971. The van der Waals surface area contributed by atoms with E-state index in [-0.39, 0.29) is 24.2 Å². The smallest absolute Gasteiger partial charge is 0.305 e. The average Bonchev–Trinajstić information content (AvgIpc) is 2.82. The number of aliphatic carboxylic acids is 1. The van der Waals surface area contributed by atoms with E-state index in [1.807, 2.05) is 36.4 Å². The fourth-order valence-electron chi connectivity index (χ4n) is 4.49. The van der Waals surface area contributed by atoms with E-state index in [2.05, 4.69) is 10.6 Å². The predicted molar refractivity (Wildman–Crippen MR) is 123 cm³/mol. The summed E-state index contributed by atoms with van der Waals surface area (Å²) in [6.07, 6.45) is 8.43. The van der Waals surface area contributed by atoms with Crippen LogP contribution in [0, 0.1) is 11.8 Å². The maximum atomic E-state index is 12.9. The number of carbonyl (C=O) groups is 3. The Morgan fingerprint density at radius 1 is 1.16 bits per heavy atom. The van der Waals surface area contributed by atoms with Crippen LogP contribution in [0.1, 0.15) is 44.1 Å². The molecular weight excluding hydrogens is 406 g/mol. The third kappa shape index (κ3) is 7.79. The number of allylic oxidation sites excluding steroid dienone is 1. The molecule has 0 aliphatic carbocycles. The summed E-state index contributed by atoms with van der Waals surface area (Å²) in [4.78, 5) is 38.6. The topological polar surface area (TPSA) is 98.7 Å². The Balaban J connectivity index is 1.51. The molecule has 0 bridgehead atoms. The second-order valence-electron chi connectivity index (χ2n) is 8.90. The van der Waals surface area contributed by atoms with E-state index in [0.717, 1.165) is 37.9 Å². The summed E-state index contributed by atoms with van der Waals surface area (Å²) in [7, 11) is 0. The normalized spacial score (nSPS) is 20.8. The van der Waals surface area contributed by atoms with Crippen LogP contribution in [0.25, 0.3) is 0 Å². The molecule has 3 N–H and O–H groups in total. The summed E-state index contributed by atoms with van der Waals surface area (Å²) in [5, 5.41) is 15.5. The number of carbonyl (C=O) groups excluding carboxylic acids is 2. The van der Waals surface area contributed by atoms with Crippen molar-refractivity contribution in [1.82, 2.24) is 15.5 Å². The van der Waals surface area contributed by atoms with E-state index < -0.39 is 12.0 Å². The minimum atomic E-state index is -0.924. The molecule has 2 aliphatic heterocycles. The highest BCUT2D eigenvalue weighted by atomic mass is 16.4. The number of nitrogens with zero attached hydrogens (tertiary/aromatic N) is 1. The lowest BCUT2D eigenvalue weighted by molar-refractivity contribution is -0.138. The SMILES string of the molecule is O=C(O)C[C@@H](CCc1ccccc1)NC(=O)[C@@H]1CCCN(C(=O)C=CC2CCNCC2)C1. The lowest BCUT2D eigenvalue weighted by Gasteiger charge is -2.32. The van der Waals surface area contributed by atoms with Gasteiger partial charge < -0.3 is 20.6 Å². The molecule has 2 heterocycles. The molecule has 2 amide bonds. The summed E-state index contributed by atoms with van der Waals surface area (Å²) < 4.78 is 0. The molecule has 0 aromatic heterocycles. The first-order valence-electron chi connectivity index (χ1n) is 11.7. The van der Waals surface area contributed by atoms with Crippen molar-refractivity contribution in [3.05, 3.63) is 48.0 Å². The number of likely N-dealkylation sites (tertiary alicyclic amines) is 1. The number of carboxylic acids is 1. The zero-order valence-electron chi connectivity index (χ0n) is 18.7. The Labute approximate surface area is 190 Å². The van der Waals surface area contributed by atoms with Crippen molar-refractivity contribution < 1.29 is 19.5 Å². The fourth-order valence-corrected chi connectivity index (χ4v) is 4.49. The summed E-state index contributed by atoms with van der Waals surface area (Å²) in [6.45, 7) is 3.01. The number of piperidine rings is 2. The van der Waals surface area contributed by atoms with Crippen molar-refractivity contribution in [3.8, 4) is 0 Å². The van der Waals surface area contributed by atoms with Crippen molar-refractivity contribution >= 4 is 17.8 Å². The summed E-state index contributed by atoms with van der Waals surface area (Å²) >= 11 is 0. The van der Waals surface area contributed by atoms with Gasteiger partial charge in [-0.1, -0.05) is 36.4 Å². The number of benzene rings is 1. The van der Waals surface area contributed by atoms with Crippen molar-refractivity contribution in [3.63, 3.8) is 0 Å². The number of carboxylic acid groups (broad SMARTS) is 1. The molecule has 2 aliphatic rings. The number of nitrogens with one attached hydrogen (secondary N) is 2. The van der Waals surface area contributed by atoms with Crippen LogP contribution < -0.4 is 10.6 Å². The molecule has 2 saturated heterocycles. The maximum Gasteiger partial charge on any atom is 0.305 e. The van der Waals surface area contributed by atoms with Gasteiger partial charge in [-0.3, -0.25) is 14.4 Å². The molecule has 0 spiro atoms. The van der Waals surface area contributed by atoms with Gasteiger partial charge in [-0.25, -0.2) is 0 Å². The van der Waals surface area contributed by atoms with Crippen LogP contribution in [-0.4, -0.2) is 60.0 Å². The van der Waals surface area contributed by atoms with Crippen molar-refractivity contribution in [1.29, 1.82) is 0 Å². The van der Waals surface area contributed by atoms with Gasteiger partial charge in [0, 0.05) is 19.1 Å². The lowest BCUT2D eigenvalue weighted by Crippen LogP contribution is -2.47. The number of aryl methyl sites for hydroxylation is 1. The van der Waals surface area contributed by atoms with Gasteiger partial charge in [0.25, 0.3) is 0 Å². The highest BCUT2D eigenvalue weighted by Crippen LogP contribution is 2.19. The first kappa shape index (κ1) is 24.0. The largest absolute Gasteiger partial charge is 0.481 e. The second-order valence-corrected chi connectivity index (χ2v) is 8.90. The first-order chi connectivity index (χ1) is 15.5. The highest BCUT2D eigenvalue weighted by molar-refractivity contribution is 5.88. The molecule has 0 saturated carbocycles. The number of amides is 2. The average molecular weight is 442 g/mol. The molecule has 0 unspecified atom stereocenters. The van der Waals surface area contributed by atoms with Crippen LogP contribution in [-0.2, 0) is 20.8 Å². The predicted octanol–water partition coefficient (Wildman–Crippen LogP) is 2.37. The Morgan fingerprint density at radius 3 is 2.62 bits per heavy atom. The van der Waals surface area contributed by atoms with Gasteiger partial charge in [0.2, 0.25) is 11.8 Å². The Bertz CT molecular complexity index is 790. The maximum absolute atomic E-state index is 12.9. The van der Waals surface area contributed by atoms with E-state index in [4.69, 9.17) is 0 Å². The van der Waals surface area contributed by atoms with Crippen molar-refractivity contribution in [2.75, 3.05) is 26.2 Å². The molecule has 1 aromatic rings. The lowest BCUT2D eigenvalue weighted by atomic mass is 9.95. The highest BCUT2D eigenvalue weighted by Gasteiger charge is 2.29. The summed E-state index contributed by atoms with van der Waals surface area (Å²) in [5.41, 5.74) is 1.12. The van der Waals surface area contributed by atoms with Crippen LogP contribution >= 0.6 is 0 Å². The van der Waals surface area contributed by atoms with Crippen LogP contribution in [0.5, 0.6) is 0 Å². The number of rotatable bonds is 9. The molecule has 2 fully saturated rings. The second kappa shape index (κ2) is 12.4. The van der Waals surface area contributed by atoms with Crippen LogP contribution in [0.2, 0.25) is 0 Å². The first-order valence-corrected chi connectivity index (χ1v) is 11.7. The fraction of sp³-hybridized carbons (Fsp3) is 0.560. The van der Waals surface area contributed by atoms with Gasteiger partial charge in [0.15, 0.2) is 0 Å². The molecule has 3 rings (SSSR count). The van der Waals surface area contributed by atoms with Gasteiger partial charge in [-0.05, 0) is 69.2 Å². The zero-order valence-corrected chi connectivity index (χ0v) is 18.7. The Kier molecular flexibility index (Phi) is 9.28. The third-order valence-corrected chi connectivity index (χ3v) is 6.39. The minimum Gasteiger partial charge on any atom is -0.481 e. The van der Waals surface area contributed by atoms with E-state index in [0.29, 0.717) is 38.3 Å². The van der Waals surface area contributed by atoms with Crippen molar-refractivity contribution in [2.45, 2.75) is 51.0 Å². The number of hydrogen-bond donors (Lipinski definition) is 3. The van der Waals surface area contributed by atoms with Gasteiger partial charge in [-0.2, -0.15) is 0 Å². The number of hydrogen-bond acceptors (Lipinski definition) is 4. The standard InChI is InChI=1S/C25H35N3O4/c29-23(11-9-20-12-14-26-15-13-20)28-16-4-7-21(18-28)25(32)27-22(17-24(30)31)10-8-19-5-2-1-3-6-19/h1-3,5-6,9,11,20-22,26H,4,7-8,10,12-18H2,(H,27,32)(H,30,31)/t21-,22-/m1/s1.